The van der Waals surface area contributed by atoms with Gasteiger partial charge in [-0.3, -0.25) is 4.79 Å². The second-order valence-electron chi connectivity index (χ2n) is 4.78. The van der Waals surface area contributed by atoms with Gasteiger partial charge in [0.25, 0.3) is 0 Å². The molecule has 0 fully saturated rings. The van der Waals surface area contributed by atoms with E-state index in [-0.39, 0.29) is 12.3 Å². The second-order valence-corrected chi connectivity index (χ2v) is 4.78. The fourth-order valence-corrected chi connectivity index (χ4v) is 2.36. The number of carbonyl (C=O) groups excluding carboxylic acids is 1. The third kappa shape index (κ3) is 2.09. The number of ether oxygens (including phenoxy) is 1. The van der Waals surface area contributed by atoms with E-state index in [9.17, 15) is 9.90 Å². The van der Waals surface area contributed by atoms with Crippen molar-refractivity contribution in [3.63, 3.8) is 0 Å². The molecular weight excluding hydrogens is 254 g/mol. The highest BCUT2D eigenvalue weighted by molar-refractivity contribution is 6.12. The van der Waals surface area contributed by atoms with Crippen LogP contribution in [0.1, 0.15) is 33.2 Å². The number of aliphatic hydroxyl groups is 1. The predicted octanol–water partition coefficient (Wildman–Crippen LogP) is 1.80. The van der Waals surface area contributed by atoms with E-state index < -0.39 is 6.10 Å². The lowest BCUT2D eigenvalue weighted by molar-refractivity contribution is 0.103. The van der Waals surface area contributed by atoms with E-state index in [1.54, 1.807) is 24.3 Å². The van der Waals surface area contributed by atoms with Gasteiger partial charge in [-0.25, -0.2) is 0 Å². The summed E-state index contributed by atoms with van der Waals surface area (Å²) in [6, 6.07) is 12.5. The van der Waals surface area contributed by atoms with Crippen LogP contribution in [0, 0.1) is 0 Å². The summed E-state index contributed by atoms with van der Waals surface area (Å²) in [5.41, 5.74) is 8.07. The van der Waals surface area contributed by atoms with E-state index in [0.29, 0.717) is 29.0 Å². The Bertz CT molecular complexity index is 667. The maximum absolute atomic E-state index is 12.6. The van der Waals surface area contributed by atoms with Gasteiger partial charge < -0.3 is 15.6 Å². The number of carbonyl (C=O) groups is 1. The normalized spacial score (nSPS) is 14.8. The lowest BCUT2D eigenvalue weighted by Gasteiger charge is -2.11. The van der Waals surface area contributed by atoms with Gasteiger partial charge in [-0.15, -0.1) is 0 Å². The van der Waals surface area contributed by atoms with E-state index in [0.717, 1.165) is 5.56 Å². The average Bonchev–Trinajstić information content (AvgIpc) is 2.64. The predicted molar refractivity (Wildman–Crippen MR) is 74.7 cm³/mol. The van der Waals surface area contributed by atoms with Gasteiger partial charge in [0.1, 0.15) is 12.4 Å². The Labute approximate surface area is 116 Å². The minimum absolute atomic E-state index is 0.0841. The lowest BCUT2D eigenvalue weighted by Crippen LogP contribution is -2.12. The van der Waals surface area contributed by atoms with Crippen molar-refractivity contribution in [3.05, 3.63) is 64.7 Å². The largest absolute Gasteiger partial charge is 0.488 e. The van der Waals surface area contributed by atoms with Gasteiger partial charge in [-0.2, -0.15) is 0 Å². The van der Waals surface area contributed by atoms with Gasteiger partial charge in [-0.1, -0.05) is 30.3 Å². The first-order chi connectivity index (χ1) is 9.70. The van der Waals surface area contributed by atoms with E-state index in [1.807, 2.05) is 18.2 Å². The Kier molecular flexibility index (Phi) is 3.26. The number of fused-ring (bicyclic) bond motifs is 2. The first-order valence-corrected chi connectivity index (χ1v) is 6.48. The lowest BCUT2D eigenvalue weighted by atomic mass is 9.97. The van der Waals surface area contributed by atoms with Crippen LogP contribution in [0.3, 0.4) is 0 Å². The Hall–Kier alpha value is -2.17. The van der Waals surface area contributed by atoms with E-state index in [4.69, 9.17) is 10.5 Å². The number of ketones is 1. The van der Waals surface area contributed by atoms with Crippen LogP contribution >= 0.6 is 0 Å². The summed E-state index contributed by atoms with van der Waals surface area (Å²) in [5, 5.41) is 9.81. The first-order valence-electron chi connectivity index (χ1n) is 6.48. The van der Waals surface area contributed by atoms with Crippen LogP contribution in [-0.4, -0.2) is 17.4 Å². The van der Waals surface area contributed by atoms with Gasteiger partial charge in [-0.05, 0) is 17.7 Å². The van der Waals surface area contributed by atoms with E-state index >= 15 is 0 Å². The molecule has 2 aromatic carbocycles. The SMILES string of the molecule is NCC(O)c1ccc2c(c1)C(=O)c1ccccc1CO2. The number of nitrogens with two attached hydrogens (primary N) is 1. The number of hydrogen-bond donors (Lipinski definition) is 2. The van der Waals surface area contributed by atoms with Crippen molar-refractivity contribution in [2.24, 2.45) is 5.73 Å². The van der Waals surface area contributed by atoms with Crippen molar-refractivity contribution >= 4 is 5.78 Å². The molecule has 0 amide bonds. The Morgan fingerprint density at radius 3 is 2.80 bits per heavy atom. The minimum atomic E-state index is -0.772. The summed E-state index contributed by atoms with van der Waals surface area (Å²) in [5.74, 6) is 0.457. The van der Waals surface area contributed by atoms with Gasteiger partial charge in [0.05, 0.1) is 11.7 Å². The minimum Gasteiger partial charge on any atom is -0.488 e. The third-order valence-corrected chi connectivity index (χ3v) is 3.50. The number of rotatable bonds is 2. The smallest absolute Gasteiger partial charge is 0.197 e. The molecule has 3 rings (SSSR count). The van der Waals surface area contributed by atoms with Crippen molar-refractivity contribution in [1.82, 2.24) is 0 Å². The van der Waals surface area contributed by atoms with Crippen LogP contribution in [0.2, 0.25) is 0 Å². The summed E-state index contributed by atoms with van der Waals surface area (Å²) in [4.78, 5) is 12.6. The molecule has 0 bridgehead atoms. The number of hydrogen-bond acceptors (Lipinski definition) is 4. The molecule has 102 valence electrons. The topological polar surface area (TPSA) is 72.5 Å². The summed E-state index contributed by atoms with van der Waals surface area (Å²) in [6.07, 6.45) is -0.772. The van der Waals surface area contributed by atoms with Crippen LogP contribution in [0.5, 0.6) is 5.75 Å². The van der Waals surface area contributed by atoms with Gasteiger partial charge in [0, 0.05) is 17.7 Å². The number of benzene rings is 2. The van der Waals surface area contributed by atoms with Crippen molar-refractivity contribution in [3.8, 4) is 5.75 Å². The summed E-state index contributed by atoms with van der Waals surface area (Å²) in [7, 11) is 0. The van der Waals surface area contributed by atoms with Crippen molar-refractivity contribution in [2.45, 2.75) is 12.7 Å². The molecule has 3 N–H and O–H groups in total. The Morgan fingerprint density at radius 2 is 2.00 bits per heavy atom. The molecule has 0 saturated carbocycles. The van der Waals surface area contributed by atoms with Crippen LogP contribution < -0.4 is 10.5 Å². The molecule has 1 heterocycles. The summed E-state index contributed by atoms with van der Waals surface area (Å²) in [6.45, 7) is 0.484. The van der Waals surface area contributed by atoms with Crippen molar-refractivity contribution in [2.75, 3.05) is 6.54 Å². The molecule has 0 saturated heterocycles. The quantitative estimate of drug-likeness (QED) is 0.872. The molecule has 0 aromatic heterocycles. The van der Waals surface area contributed by atoms with Crippen LogP contribution in [0.25, 0.3) is 0 Å². The monoisotopic (exact) mass is 269 g/mol. The summed E-state index contributed by atoms with van der Waals surface area (Å²) >= 11 is 0. The van der Waals surface area contributed by atoms with Gasteiger partial charge in [0.2, 0.25) is 0 Å². The van der Waals surface area contributed by atoms with Crippen LogP contribution in [0.15, 0.2) is 42.5 Å². The van der Waals surface area contributed by atoms with Crippen molar-refractivity contribution < 1.29 is 14.6 Å². The second kappa shape index (κ2) is 5.07. The van der Waals surface area contributed by atoms with Crippen LogP contribution in [0.4, 0.5) is 0 Å². The van der Waals surface area contributed by atoms with Crippen LogP contribution in [-0.2, 0) is 6.61 Å². The van der Waals surface area contributed by atoms with E-state index in [2.05, 4.69) is 0 Å². The fraction of sp³-hybridized carbons (Fsp3) is 0.188. The third-order valence-electron chi connectivity index (χ3n) is 3.50. The molecular formula is C16H15NO3. The molecule has 4 heteroatoms. The number of aliphatic hydroxyl groups excluding tert-OH is 1. The molecule has 0 aliphatic carbocycles. The highest BCUT2D eigenvalue weighted by Crippen LogP contribution is 2.30. The molecule has 2 aromatic rings. The molecule has 1 unspecified atom stereocenters. The van der Waals surface area contributed by atoms with Gasteiger partial charge >= 0.3 is 0 Å². The standard InChI is InChI=1S/C16H15NO3/c17-8-14(18)10-5-6-15-13(7-10)16(19)12-4-2-1-3-11(12)9-20-15/h1-7,14,18H,8-9,17H2. The molecule has 1 aliphatic heterocycles. The van der Waals surface area contributed by atoms with E-state index in [1.165, 1.54) is 0 Å². The highest BCUT2D eigenvalue weighted by atomic mass is 16.5. The zero-order valence-electron chi connectivity index (χ0n) is 10.9. The Balaban J connectivity index is 2.11. The maximum Gasteiger partial charge on any atom is 0.197 e. The summed E-state index contributed by atoms with van der Waals surface area (Å²) < 4.78 is 5.68. The first kappa shape index (κ1) is 12.8. The zero-order valence-corrected chi connectivity index (χ0v) is 10.9. The molecule has 0 spiro atoms. The molecule has 20 heavy (non-hydrogen) atoms. The highest BCUT2D eigenvalue weighted by Gasteiger charge is 2.23. The maximum atomic E-state index is 12.6. The molecule has 1 aliphatic rings. The molecule has 1 atom stereocenters. The Morgan fingerprint density at radius 1 is 1.20 bits per heavy atom. The van der Waals surface area contributed by atoms with Gasteiger partial charge in [0.15, 0.2) is 5.78 Å². The zero-order chi connectivity index (χ0) is 14.1. The fourth-order valence-electron chi connectivity index (χ4n) is 2.36. The average molecular weight is 269 g/mol. The van der Waals surface area contributed by atoms with Crippen molar-refractivity contribution in [1.29, 1.82) is 0 Å². The molecule has 0 radical (unpaired) electrons. The molecule has 4 nitrogen and oxygen atoms in total.